The first-order chi connectivity index (χ1) is 7.43. The molecule has 74 valence electrons. The molecule has 1 aliphatic carbocycles. The molecule has 0 atom stereocenters. The third-order valence-electron chi connectivity index (χ3n) is 1.78. The summed E-state index contributed by atoms with van der Waals surface area (Å²) in [5.74, 6) is 0. The van der Waals surface area contributed by atoms with Crippen molar-refractivity contribution in [1.29, 1.82) is 5.26 Å². The Kier molecular flexibility index (Phi) is 5.39. The first kappa shape index (κ1) is 11.0. The number of nitrogens with zero attached hydrogens (tertiary/aromatic N) is 1. The topological polar surface area (TPSA) is 23.8 Å². The van der Waals surface area contributed by atoms with E-state index in [-0.39, 0.29) is 0 Å². The lowest BCUT2D eigenvalue weighted by Gasteiger charge is -1.84. The van der Waals surface area contributed by atoms with Gasteiger partial charge in [-0.25, -0.2) is 0 Å². The largest absolute Gasteiger partial charge is 0.192 e. The summed E-state index contributed by atoms with van der Waals surface area (Å²) in [5.41, 5.74) is 0.667. The van der Waals surface area contributed by atoms with E-state index >= 15 is 0 Å². The SMILES string of the molecule is N#C/C1=C/C=C\C=C/C=C\C=C/CC=C1. The van der Waals surface area contributed by atoms with E-state index in [1.165, 1.54) is 0 Å². The molecule has 0 saturated heterocycles. The van der Waals surface area contributed by atoms with Crippen LogP contribution in [0.2, 0.25) is 0 Å². The minimum atomic E-state index is 0.667. The van der Waals surface area contributed by atoms with Crippen molar-refractivity contribution in [3.63, 3.8) is 0 Å². The van der Waals surface area contributed by atoms with Crippen LogP contribution < -0.4 is 0 Å². The Morgan fingerprint density at radius 2 is 1.53 bits per heavy atom. The van der Waals surface area contributed by atoms with Crippen molar-refractivity contribution in [2.24, 2.45) is 0 Å². The minimum absolute atomic E-state index is 0.667. The lowest BCUT2D eigenvalue weighted by Crippen LogP contribution is -1.69. The lowest BCUT2D eigenvalue weighted by atomic mass is 10.2. The van der Waals surface area contributed by atoms with Gasteiger partial charge in [0.1, 0.15) is 0 Å². The van der Waals surface area contributed by atoms with Crippen molar-refractivity contribution in [3.05, 3.63) is 72.4 Å². The van der Waals surface area contributed by atoms with Gasteiger partial charge in [0.05, 0.1) is 11.6 Å². The van der Waals surface area contributed by atoms with Gasteiger partial charge in [0.15, 0.2) is 0 Å². The van der Waals surface area contributed by atoms with E-state index in [2.05, 4.69) is 6.07 Å². The van der Waals surface area contributed by atoms with E-state index in [4.69, 9.17) is 5.26 Å². The Balaban J connectivity index is 2.82. The van der Waals surface area contributed by atoms with Gasteiger partial charge in [-0.05, 0) is 18.6 Å². The number of hydrogen-bond acceptors (Lipinski definition) is 1. The van der Waals surface area contributed by atoms with Crippen molar-refractivity contribution < 1.29 is 0 Å². The molecule has 0 unspecified atom stereocenters. The van der Waals surface area contributed by atoms with Crippen molar-refractivity contribution >= 4 is 0 Å². The molecule has 0 saturated carbocycles. The second-order valence-corrected chi connectivity index (χ2v) is 2.95. The van der Waals surface area contributed by atoms with Gasteiger partial charge in [-0.2, -0.15) is 5.26 Å². The van der Waals surface area contributed by atoms with E-state index in [1.807, 2.05) is 60.8 Å². The van der Waals surface area contributed by atoms with E-state index in [9.17, 15) is 0 Å². The van der Waals surface area contributed by atoms with Crippen LogP contribution in [0.15, 0.2) is 72.4 Å². The van der Waals surface area contributed by atoms with Crippen molar-refractivity contribution in [1.82, 2.24) is 0 Å². The lowest BCUT2D eigenvalue weighted by molar-refractivity contribution is 1.38. The maximum Gasteiger partial charge on any atom is 0.0991 e. The van der Waals surface area contributed by atoms with E-state index in [1.54, 1.807) is 6.08 Å². The Labute approximate surface area is 90.7 Å². The fraction of sp³-hybridized carbons (Fsp3) is 0.0714. The van der Waals surface area contributed by atoms with Gasteiger partial charge in [0.2, 0.25) is 0 Å². The molecule has 15 heavy (non-hydrogen) atoms. The van der Waals surface area contributed by atoms with E-state index in [0.29, 0.717) is 5.57 Å². The van der Waals surface area contributed by atoms with Gasteiger partial charge < -0.3 is 0 Å². The average Bonchev–Trinajstić information content (AvgIpc) is 2.29. The molecule has 0 N–H and O–H groups in total. The van der Waals surface area contributed by atoms with Gasteiger partial charge in [-0.15, -0.1) is 0 Å². The second-order valence-electron chi connectivity index (χ2n) is 2.95. The average molecular weight is 195 g/mol. The molecule has 0 bridgehead atoms. The molecule has 0 aliphatic heterocycles. The predicted octanol–water partition coefficient (Wildman–Crippen LogP) is 3.62. The van der Waals surface area contributed by atoms with Gasteiger partial charge in [-0.1, -0.05) is 54.7 Å². The third-order valence-corrected chi connectivity index (χ3v) is 1.78. The summed E-state index contributed by atoms with van der Waals surface area (Å²) in [6.07, 6.45) is 22.1. The standard InChI is InChI=1S/C14H13N/c15-13-14-11-9-7-5-3-1-2-4-6-8-10-12-14/h1-7,9-12H,8H2/b2-1-,5-3-,6-4-,9-7-,12-10?,14-11+. The van der Waals surface area contributed by atoms with Crippen LogP contribution in [0.1, 0.15) is 6.42 Å². The molecular formula is C14H13N. The summed E-state index contributed by atoms with van der Waals surface area (Å²) >= 11 is 0. The normalized spacial score (nSPS) is 28.1. The molecule has 0 aromatic carbocycles. The molecule has 0 radical (unpaired) electrons. The highest BCUT2D eigenvalue weighted by Crippen LogP contribution is 1.98. The quantitative estimate of drug-likeness (QED) is 0.579. The fourth-order valence-electron chi connectivity index (χ4n) is 1.04. The highest BCUT2D eigenvalue weighted by atomic mass is 14.2. The fourth-order valence-corrected chi connectivity index (χ4v) is 1.04. The zero-order valence-corrected chi connectivity index (χ0v) is 8.51. The zero-order valence-electron chi connectivity index (χ0n) is 8.51. The molecule has 1 rings (SSSR count). The second kappa shape index (κ2) is 7.34. The number of rotatable bonds is 0. The highest BCUT2D eigenvalue weighted by Gasteiger charge is 1.84. The van der Waals surface area contributed by atoms with Gasteiger partial charge >= 0.3 is 0 Å². The summed E-state index contributed by atoms with van der Waals surface area (Å²) in [4.78, 5) is 0. The summed E-state index contributed by atoms with van der Waals surface area (Å²) in [7, 11) is 0. The van der Waals surface area contributed by atoms with Crippen molar-refractivity contribution in [3.8, 4) is 6.07 Å². The molecule has 0 aromatic heterocycles. The maximum atomic E-state index is 8.80. The first-order valence-corrected chi connectivity index (χ1v) is 4.87. The van der Waals surface area contributed by atoms with Crippen LogP contribution in [-0.4, -0.2) is 0 Å². The van der Waals surface area contributed by atoms with Crippen LogP contribution in [0.4, 0.5) is 0 Å². The summed E-state index contributed by atoms with van der Waals surface area (Å²) in [6, 6.07) is 2.13. The maximum absolute atomic E-state index is 8.80. The zero-order chi connectivity index (χ0) is 10.8. The predicted molar refractivity (Wildman–Crippen MR) is 64.0 cm³/mol. The molecule has 1 aliphatic rings. The number of allylic oxidation sites excluding steroid dienone is 12. The van der Waals surface area contributed by atoms with Crippen LogP contribution in [-0.2, 0) is 0 Å². The minimum Gasteiger partial charge on any atom is -0.192 e. The smallest absolute Gasteiger partial charge is 0.0991 e. The molecule has 0 aromatic rings. The molecule has 0 heterocycles. The molecular weight excluding hydrogens is 182 g/mol. The highest BCUT2D eigenvalue weighted by molar-refractivity contribution is 5.36. The van der Waals surface area contributed by atoms with Crippen LogP contribution >= 0.6 is 0 Å². The van der Waals surface area contributed by atoms with Crippen LogP contribution in [0.25, 0.3) is 0 Å². The first-order valence-electron chi connectivity index (χ1n) is 4.87. The van der Waals surface area contributed by atoms with E-state index in [0.717, 1.165) is 6.42 Å². The monoisotopic (exact) mass is 195 g/mol. The summed E-state index contributed by atoms with van der Waals surface area (Å²) in [5, 5.41) is 8.80. The van der Waals surface area contributed by atoms with E-state index < -0.39 is 0 Å². The Bertz CT molecular complexity index is 396. The molecule has 1 heteroatoms. The van der Waals surface area contributed by atoms with Crippen LogP contribution in [0.5, 0.6) is 0 Å². The number of nitriles is 1. The van der Waals surface area contributed by atoms with Crippen molar-refractivity contribution in [2.45, 2.75) is 6.42 Å². The van der Waals surface area contributed by atoms with Gasteiger partial charge in [0, 0.05) is 0 Å². The van der Waals surface area contributed by atoms with Crippen molar-refractivity contribution in [2.75, 3.05) is 0 Å². The third kappa shape index (κ3) is 5.28. The Hall–Kier alpha value is -2.07. The Morgan fingerprint density at radius 3 is 2.27 bits per heavy atom. The molecule has 0 amide bonds. The van der Waals surface area contributed by atoms with Gasteiger partial charge in [-0.3, -0.25) is 0 Å². The van der Waals surface area contributed by atoms with Crippen LogP contribution in [0, 0.1) is 11.3 Å². The van der Waals surface area contributed by atoms with Crippen LogP contribution in [0.3, 0.4) is 0 Å². The summed E-state index contributed by atoms with van der Waals surface area (Å²) in [6.45, 7) is 0. The van der Waals surface area contributed by atoms with Gasteiger partial charge in [0.25, 0.3) is 0 Å². The molecule has 0 spiro atoms. The molecule has 1 nitrogen and oxygen atoms in total. The number of hydrogen-bond donors (Lipinski definition) is 0. The molecule has 0 fully saturated rings. The Morgan fingerprint density at radius 1 is 0.867 bits per heavy atom. The summed E-state index contributed by atoms with van der Waals surface area (Å²) < 4.78 is 0.